The molecule has 0 aliphatic heterocycles. The number of hydrogen-bond donors (Lipinski definition) is 0. The summed E-state index contributed by atoms with van der Waals surface area (Å²) in [5.41, 5.74) is 9.79. The molecule has 0 saturated heterocycles. The van der Waals surface area contributed by atoms with Gasteiger partial charge in [0.15, 0.2) is 0 Å². The topological polar surface area (TPSA) is 0 Å². The van der Waals surface area contributed by atoms with Gasteiger partial charge in [-0.3, -0.25) is 0 Å². The smallest absolute Gasteiger partial charge is 0.0180 e. The summed E-state index contributed by atoms with van der Waals surface area (Å²) >= 11 is 0. The molecule has 0 spiro atoms. The highest BCUT2D eigenvalue weighted by Crippen LogP contribution is 2.72. The summed E-state index contributed by atoms with van der Waals surface area (Å²) < 4.78 is 0. The minimum atomic E-state index is 0.00278. The van der Waals surface area contributed by atoms with E-state index in [-0.39, 0.29) is 32.5 Å². The van der Waals surface area contributed by atoms with Crippen molar-refractivity contribution >= 4 is 0 Å². The van der Waals surface area contributed by atoms with Crippen LogP contribution in [0.2, 0.25) is 0 Å². The van der Waals surface area contributed by atoms with Crippen molar-refractivity contribution < 1.29 is 0 Å². The van der Waals surface area contributed by atoms with Gasteiger partial charge in [0.05, 0.1) is 0 Å². The first-order chi connectivity index (χ1) is 12.2. The highest BCUT2D eigenvalue weighted by molar-refractivity contribution is 5.49. The summed E-state index contributed by atoms with van der Waals surface area (Å²) in [6.07, 6.45) is 0. The first kappa shape index (κ1) is 23.5. The molecule has 160 valence electrons. The summed E-state index contributed by atoms with van der Waals surface area (Å²) in [5.74, 6) is 0. The standard InChI is InChI=1S/C28H48/c1-17-20(4)27(15)21(5)18(2)25(11,12)28(16,26(13,14)23(17,7)8)22(6)19(3)24(27,9)10/h1-16H3. The van der Waals surface area contributed by atoms with E-state index in [9.17, 15) is 0 Å². The van der Waals surface area contributed by atoms with Crippen LogP contribution >= 0.6 is 0 Å². The SMILES string of the molecule is CC1=C(C)C2(C)C(C)(C)C(C)=C(C)C(C)(C(C)=C(C)C(C)(C)C2(C)C)C1(C)C. The van der Waals surface area contributed by atoms with Crippen molar-refractivity contribution in [2.24, 2.45) is 32.5 Å². The number of fused-ring (bicyclic) bond motifs is 4. The third-order valence-corrected chi connectivity index (χ3v) is 12.1. The van der Waals surface area contributed by atoms with Gasteiger partial charge in [-0.2, -0.15) is 0 Å². The van der Waals surface area contributed by atoms with Crippen LogP contribution in [0.3, 0.4) is 0 Å². The van der Waals surface area contributed by atoms with Gasteiger partial charge in [-0.15, -0.1) is 0 Å². The second-order valence-corrected chi connectivity index (χ2v) is 12.5. The van der Waals surface area contributed by atoms with Crippen molar-refractivity contribution in [3.05, 3.63) is 33.4 Å². The third-order valence-electron chi connectivity index (χ3n) is 12.1. The van der Waals surface area contributed by atoms with Crippen molar-refractivity contribution in [1.82, 2.24) is 0 Å². The Bertz CT molecular complexity index is 803. The summed E-state index contributed by atoms with van der Waals surface area (Å²) in [5, 5.41) is 0. The maximum atomic E-state index is 2.57. The fourth-order valence-corrected chi connectivity index (χ4v) is 7.31. The highest BCUT2D eigenvalue weighted by Gasteiger charge is 2.63. The molecule has 0 heteroatoms. The molecule has 0 radical (unpaired) electrons. The van der Waals surface area contributed by atoms with Crippen molar-refractivity contribution in [2.45, 2.75) is 111 Å². The fraction of sp³-hybridized carbons (Fsp3) is 0.786. The largest absolute Gasteiger partial charge is 0.0673 e. The van der Waals surface area contributed by atoms with Gasteiger partial charge < -0.3 is 0 Å². The summed E-state index contributed by atoms with van der Waals surface area (Å²) in [6, 6.07) is 0. The average Bonchev–Trinajstić information content (AvgIpc) is 2.60. The Morgan fingerprint density at radius 1 is 0.357 bits per heavy atom. The zero-order chi connectivity index (χ0) is 22.5. The first-order valence-electron chi connectivity index (χ1n) is 11.2. The van der Waals surface area contributed by atoms with Gasteiger partial charge in [-0.1, -0.05) is 103 Å². The summed E-state index contributed by atoms with van der Waals surface area (Å²) in [6.45, 7) is 39.7. The summed E-state index contributed by atoms with van der Waals surface area (Å²) in [4.78, 5) is 0. The third kappa shape index (κ3) is 2.14. The highest BCUT2D eigenvalue weighted by atomic mass is 14.7. The first-order valence-corrected chi connectivity index (χ1v) is 11.2. The lowest BCUT2D eigenvalue weighted by molar-refractivity contribution is -0.0513. The van der Waals surface area contributed by atoms with Crippen LogP contribution < -0.4 is 0 Å². The molecule has 0 aromatic carbocycles. The van der Waals surface area contributed by atoms with Crippen LogP contribution in [0.25, 0.3) is 0 Å². The maximum absolute atomic E-state index is 2.57. The lowest BCUT2D eigenvalue weighted by Gasteiger charge is -2.63. The molecule has 0 fully saturated rings. The Balaban J connectivity index is 3.39. The zero-order valence-corrected chi connectivity index (χ0v) is 22.0. The Morgan fingerprint density at radius 3 is 1.07 bits per heavy atom. The maximum Gasteiger partial charge on any atom is 0.0180 e. The van der Waals surface area contributed by atoms with Crippen LogP contribution in [0.15, 0.2) is 33.4 Å². The zero-order valence-electron chi connectivity index (χ0n) is 22.0. The molecular weight excluding hydrogens is 336 g/mol. The van der Waals surface area contributed by atoms with E-state index in [0.717, 1.165) is 0 Å². The lowest BCUT2D eigenvalue weighted by atomic mass is 9.41. The molecule has 2 unspecified atom stereocenters. The molecular formula is C28H48. The predicted molar refractivity (Wildman–Crippen MR) is 126 cm³/mol. The van der Waals surface area contributed by atoms with Crippen LogP contribution in [-0.2, 0) is 0 Å². The normalized spacial score (nSPS) is 36.9. The lowest BCUT2D eigenvalue weighted by Crippen LogP contribution is -2.56. The van der Waals surface area contributed by atoms with Gasteiger partial charge in [0.1, 0.15) is 0 Å². The van der Waals surface area contributed by atoms with Crippen molar-refractivity contribution in [1.29, 1.82) is 0 Å². The molecule has 0 aromatic heterocycles. The molecule has 28 heavy (non-hydrogen) atoms. The molecule has 0 saturated carbocycles. The molecule has 3 rings (SSSR count). The van der Waals surface area contributed by atoms with E-state index in [0.29, 0.717) is 0 Å². The molecule has 2 bridgehead atoms. The Morgan fingerprint density at radius 2 is 0.679 bits per heavy atom. The second kappa shape index (κ2) is 5.89. The van der Waals surface area contributed by atoms with E-state index in [4.69, 9.17) is 0 Å². The van der Waals surface area contributed by atoms with Gasteiger partial charge in [0, 0.05) is 10.8 Å². The fourth-order valence-electron chi connectivity index (χ4n) is 7.31. The van der Waals surface area contributed by atoms with Crippen LogP contribution in [0.4, 0.5) is 0 Å². The quantitative estimate of drug-likeness (QED) is 0.365. The van der Waals surface area contributed by atoms with E-state index >= 15 is 0 Å². The molecule has 2 atom stereocenters. The molecule has 0 N–H and O–H groups in total. The van der Waals surface area contributed by atoms with Crippen molar-refractivity contribution in [2.75, 3.05) is 0 Å². The van der Waals surface area contributed by atoms with E-state index in [1.807, 2.05) is 0 Å². The molecule has 3 aliphatic rings. The number of hydrogen-bond acceptors (Lipinski definition) is 0. The molecule has 3 aliphatic carbocycles. The van der Waals surface area contributed by atoms with Crippen LogP contribution in [-0.4, -0.2) is 0 Å². The van der Waals surface area contributed by atoms with Gasteiger partial charge in [-0.25, -0.2) is 0 Å². The van der Waals surface area contributed by atoms with Crippen LogP contribution in [0.1, 0.15) is 111 Å². The number of allylic oxidation sites excluding steroid dienone is 6. The van der Waals surface area contributed by atoms with Crippen molar-refractivity contribution in [3.63, 3.8) is 0 Å². The molecule has 0 aromatic rings. The Kier molecular flexibility index (Phi) is 4.94. The Hall–Kier alpha value is -0.780. The van der Waals surface area contributed by atoms with E-state index in [1.54, 1.807) is 33.4 Å². The van der Waals surface area contributed by atoms with Gasteiger partial charge >= 0.3 is 0 Å². The van der Waals surface area contributed by atoms with Gasteiger partial charge in [0.2, 0.25) is 0 Å². The number of rotatable bonds is 0. The average molecular weight is 385 g/mol. The minimum Gasteiger partial charge on any atom is -0.0673 e. The molecule has 0 amide bonds. The van der Waals surface area contributed by atoms with Crippen molar-refractivity contribution in [3.8, 4) is 0 Å². The van der Waals surface area contributed by atoms with Gasteiger partial charge in [-0.05, 0) is 63.2 Å². The summed E-state index contributed by atoms with van der Waals surface area (Å²) in [7, 11) is 0. The minimum absolute atomic E-state index is 0.00278. The monoisotopic (exact) mass is 384 g/mol. The predicted octanol–water partition coefficient (Wildman–Crippen LogP) is 9.14. The van der Waals surface area contributed by atoms with E-state index in [2.05, 4.69) is 111 Å². The molecule has 0 nitrogen and oxygen atoms in total. The van der Waals surface area contributed by atoms with E-state index in [1.165, 1.54) is 0 Å². The van der Waals surface area contributed by atoms with E-state index < -0.39 is 0 Å². The van der Waals surface area contributed by atoms with Gasteiger partial charge in [0.25, 0.3) is 0 Å². The second-order valence-electron chi connectivity index (χ2n) is 12.5. The van der Waals surface area contributed by atoms with Crippen LogP contribution in [0, 0.1) is 32.5 Å². The Labute approximate surface area is 177 Å². The van der Waals surface area contributed by atoms with Crippen LogP contribution in [0.5, 0.6) is 0 Å². The molecule has 0 heterocycles.